The second-order valence-electron chi connectivity index (χ2n) is 6.97. The highest BCUT2D eigenvalue weighted by Crippen LogP contribution is 2.32. The summed E-state index contributed by atoms with van der Waals surface area (Å²) in [4.78, 5) is 11.3. The summed E-state index contributed by atoms with van der Waals surface area (Å²) in [7, 11) is 1.53. The van der Waals surface area contributed by atoms with E-state index in [4.69, 9.17) is 20.7 Å². The van der Waals surface area contributed by atoms with Crippen molar-refractivity contribution in [1.29, 1.82) is 0 Å². The molecule has 2 unspecified atom stereocenters. The van der Waals surface area contributed by atoms with Crippen LogP contribution in [-0.2, 0) is 4.74 Å². The van der Waals surface area contributed by atoms with Gasteiger partial charge in [0.25, 0.3) is 0 Å². The van der Waals surface area contributed by atoms with Crippen LogP contribution in [0.25, 0.3) is 0 Å². The molecule has 0 aromatic heterocycles. The number of amides is 1. The summed E-state index contributed by atoms with van der Waals surface area (Å²) in [6.07, 6.45) is 4.29. The Labute approximate surface area is 190 Å². The second-order valence-corrected chi connectivity index (χ2v) is 8.65. The molecule has 1 heterocycles. The van der Waals surface area contributed by atoms with Gasteiger partial charge >= 0.3 is 0 Å². The fourth-order valence-corrected chi connectivity index (χ4v) is 3.26. The van der Waals surface area contributed by atoms with Gasteiger partial charge in [0.05, 0.1) is 12.2 Å². The first-order valence-electron chi connectivity index (χ1n) is 9.17. The van der Waals surface area contributed by atoms with Crippen LogP contribution in [0.5, 0.6) is 0 Å². The molecule has 5 N–H and O–H groups in total. The van der Waals surface area contributed by atoms with Crippen molar-refractivity contribution in [3.63, 3.8) is 0 Å². The summed E-state index contributed by atoms with van der Waals surface area (Å²) >= 11 is 2.18. The Morgan fingerprint density at radius 2 is 2.10 bits per heavy atom. The number of primary amides is 1. The Kier molecular flexibility index (Phi) is 14.6. The first-order chi connectivity index (χ1) is 13.2. The van der Waals surface area contributed by atoms with E-state index in [9.17, 15) is 4.79 Å². The largest absolute Gasteiger partial charge is 0.369 e. The molecule has 0 bridgehead atoms. The van der Waals surface area contributed by atoms with E-state index in [0.29, 0.717) is 5.56 Å². The SMILES string of the molecule is C.CC(C)(O)O.NC(=O)c1cccc(C2CCC(CNCCCC#CSI)O2)c1. The normalized spacial score (nSPS) is 18.0. The third kappa shape index (κ3) is 13.9. The lowest BCUT2D eigenvalue weighted by molar-refractivity contribution is -0.127. The topological polar surface area (TPSA) is 105 Å². The number of ether oxygens (including phenoxy) is 1. The highest BCUT2D eigenvalue weighted by atomic mass is 127. The minimum atomic E-state index is -1.50. The highest BCUT2D eigenvalue weighted by Gasteiger charge is 2.26. The van der Waals surface area contributed by atoms with E-state index in [1.807, 2.05) is 18.2 Å². The fraction of sp³-hybridized carbons (Fsp3) is 0.571. The maximum absolute atomic E-state index is 11.3. The van der Waals surface area contributed by atoms with Gasteiger partial charge in [-0.15, -0.1) is 0 Å². The number of halogens is 1. The van der Waals surface area contributed by atoms with E-state index in [0.717, 1.165) is 44.3 Å². The molecule has 1 amide bonds. The van der Waals surface area contributed by atoms with Crippen molar-refractivity contribution in [3.8, 4) is 11.2 Å². The molecule has 0 aliphatic carbocycles. The fourth-order valence-electron chi connectivity index (χ4n) is 2.64. The first kappa shape index (κ1) is 28.2. The molecule has 164 valence electrons. The van der Waals surface area contributed by atoms with Crippen LogP contribution in [0.3, 0.4) is 0 Å². The summed E-state index contributed by atoms with van der Waals surface area (Å²) in [6, 6.07) is 7.43. The number of carbonyl (C=O) groups is 1. The molecule has 1 aromatic rings. The summed E-state index contributed by atoms with van der Waals surface area (Å²) in [5.74, 6) is 1.21. The molecule has 2 rings (SSSR count). The van der Waals surface area contributed by atoms with Crippen LogP contribution in [-0.4, -0.2) is 41.1 Å². The monoisotopic (exact) mass is 536 g/mol. The first-order valence-corrected chi connectivity index (χ1v) is 12.5. The molecule has 0 radical (unpaired) electrons. The number of hydrogen-bond acceptors (Lipinski definition) is 6. The Morgan fingerprint density at radius 3 is 2.72 bits per heavy atom. The predicted octanol–water partition coefficient (Wildman–Crippen LogP) is 3.76. The number of nitrogens with one attached hydrogen (secondary N) is 1. The van der Waals surface area contributed by atoms with Gasteiger partial charge in [-0.1, -0.05) is 25.5 Å². The lowest BCUT2D eigenvalue weighted by Gasteiger charge is -2.15. The van der Waals surface area contributed by atoms with Crippen molar-refractivity contribution >= 4 is 36.0 Å². The molecular formula is C21H33IN2O4S. The maximum Gasteiger partial charge on any atom is 0.248 e. The zero-order chi connectivity index (χ0) is 21.0. The third-order valence-corrected chi connectivity index (χ3v) is 4.67. The van der Waals surface area contributed by atoms with Crippen molar-refractivity contribution in [2.75, 3.05) is 13.1 Å². The highest BCUT2D eigenvalue weighted by molar-refractivity contribution is 14.2. The third-order valence-electron chi connectivity index (χ3n) is 3.79. The van der Waals surface area contributed by atoms with Gasteiger partial charge in [0.15, 0.2) is 5.79 Å². The molecule has 0 saturated carbocycles. The van der Waals surface area contributed by atoms with Crippen molar-refractivity contribution in [2.24, 2.45) is 5.73 Å². The molecule has 1 saturated heterocycles. The molecule has 29 heavy (non-hydrogen) atoms. The van der Waals surface area contributed by atoms with Crippen LogP contribution in [0.15, 0.2) is 24.3 Å². The molecular weight excluding hydrogens is 503 g/mol. The lowest BCUT2D eigenvalue weighted by atomic mass is 10.0. The second kappa shape index (κ2) is 15.0. The van der Waals surface area contributed by atoms with Gasteiger partial charge in [-0.05, 0) is 71.5 Å². The molecule has 1 aliphatic rings. The summed E-state index contributed by atoms with van der Waals surface area (Å²) in [5, 5.41) is 22.6. The molecule has 6 nitrogen and oxygen atoms in total. The van der Waals surface area contributed by atoms with E-state index < -0.39 is 11.7 Å². The number of unbranched alkanes of at least 4 members (excludes halogenated alkanes) is 1. The minimum Gasteiger partial charge on any atom is -0.369 e. The summed E-state index contributed by atoms with van der Waals surface area (Å²) in [6.45, 7) is 4.42. The van der Waals surface area contributed by atoms with Crippen LogP contribution < -0.4 is 11.1 Å². The molecule has 1 aliphatic heterocycles. The van der Waals surface area contributed by atoms with E-state index in [1.165, 1.54) is 22.8 Å². The number of carbonyl (C=O) groups excluding carboxylic acids is 1. The van der Waals surface area contributed by atoms with Crippen LogP contribution >= 0.6 is 30.1 Å². The molecule has 2 atom stereocenters. The number of benzene rings is 1. The van der Waals surface area contributed by atoms with Crippen LogP contribution in [0.2, 0.25) is 0 Å². The van der Waals surface area contributed by atoms with E-state index in [1.54, 1.807) is 6.07 Å². The van der Waals surface area contributed by atoms with Gasteiger partial charge in [-0.25, -0.2) is 0 Å². The smallest absolute Gasteiger partial charge is 0.248 e. The maximum atomic E-state index is 11.3. The summed E-state index contributed by atoms with van der Waals surface area (Å²) < 4.78 is 6.08. The number of hydrogen-bond donors (Lipinski definition) is 4. The van der Waals surface area contributed by atoms with E-state index in [-0.39, 0.29) is 19.6 Å². The molecule has 1 fully saturated rings. The lowest BCUT2D eigenvalue weighted by Crippen LogP contribution is -2.27. The van der Waals surface area contributed by atoms with Crippen molar-refractivity contribution in [2.45, 2.75) is 65.0 Å². The standard InChI is InChI=1S/C17H21IN2O2S.C3H8O2.CH4/c18-23-10-3-1-2-9-20-12-15-7-8-16(22-15)13-5-4-6-14(11-13)17(19)21;1-3(2,4)5;/h4-6,11,15-16,20H,1-2,7-9,12H2,(H2,19,21);4-5H,1-2H3;1H4. The molecule has 1 aromatic carbocycles. The average molecular weight is 536 g/mol. The Bertz CT molecular complexity index is 665. The quantitative estimate of drug-likeness (QED) is 0.183. The zero-order valence-corrected chi connectivity index (χ0v) is 19.3. The Morgan fingerprint density at radius 1 is 1.41 bits per heavy atom. The van der Waals surface area contributed by atoms with Gasteiger partial charge in [-0.2, -0.15) is 0 Å². The van der Waals surface area contributed by atoms with Crippen LogP contribution in [0.1, 0.15) is 69.0 Å². The van der Waals surface area contributed by atoms with Crippen LogP contribution in [0, 0.1) is 11.2 Å². The number of nitrogens with two attached hydrogens (primary N) is 1. The van der Waals surface area contributed by atoms with E-state index >= 15 is 0 Å². The summed E-state index contributed by atoms with van der Waals surface area (Å²) in [5.41, 5.74) is 6.91. The number of aliphatic hydroxyl groups is 2. The molecule has 0 spiro atoms. The van der Waals surface area contributed by atoms with Crippen molar-refractivity contribution in [1.82, 2.24) is 5.32 Å². The van der Waals surface area contributed by atoms with Crippen molar-refractivity contribution < 1.29 is 19.7 Å². The van der Waals surface area contributed by atoms with Gasteiger partial charge in [0.2, 0.25) is 5.91 Å². The Balaban J connectivity index is 0.00000117. The molecule has 8 heteroatoms. The minimum absolute atomic E-state index is 0. The Hall–Kier alpha value is -0.830. The van der Waals surface area contributed by atoms with Crippen LogP contribution in [0.4, 0.5) is 0 Å². The van der Waals surface area contributed by atoms with Gasteiger partial charge in [0.1, 0.15) is 0 Å². The number of rotatable bonds is 7. The van der Waals surface area contributed by atoms with Gasteiger partial charge in [0, 0.05) is 39.7 Å². The van der Waals surface area contributed by atoms with Gasteiger partial charge in [-0.3, -0.25) is 4.79 Å². The average Bonchev–Trinajstić information content (AvgIpc) is 3.08. The van der Waals surface area contributed by atoms with E-state index in [2.05, 4.69) is 37.7 Å². The van der Waals surface area contributed by atoms with Gasteiger partial charge < -0.3 is 26.0 Å². The van der Waals surface area contributed by atoms with Crippen molar-refractivity contribution in [3.05, 3.63) is 35.4 Å². The zero-order valence-electron chi connectivity index (χ0n) is 16.3. The predicted molar refractivity (Wildman–Crippen MR) is 129 cm³/mol.